The molecule has 38 heavy (non-hydrogen) atoms. The second-order valence-electron chi connectivity index (χ2n) is 9.40. The van der Waals surface area contributed by atoms with Crippen LogP contribution in [0.1, 0.15) is 37.2 Å². The van der Waals surface area contributed by atoms with Crippen molar-refractivity contribution in [2.45, 2.75) is 38.6 Å². The molecule has 0 radical (unpaired) electrons. The summed E-state index contributed by atoms with van der Waals surface area (Å²) in [5.74, 6) is 1.68. The van der Waals surface area contributed by atoms with Crippen LogP contribution < -0.4 is 5.32 Å². The van der Waals surface area contributed by atoms with Crippen molar-refractivity contribution in [3.05, 3.63) is 142 Å². The lowest BCUT2D eigenvalue weighted by molar-refractivity contribution is 0.354. The first-order chi connectivity index (χ1) is 18.2. The lowest BCUT2D eigenvalue weighted by Crippen LogP contribution is -2.32. The van der Waals surface area contributed by atoms with Crippen molar-refractivity contribution >= 4 is 34.8 Å². The summed E-state index contributed by atoms with van der Waals surface area (Å²) in [7, 11) is 1.57. The summed E-state index contributed by atoms with van der Waals surface area (Å²) >= 11 is 12.8. The van der Waals surface area contributed by atoms with Crippen LogP contribution in [0.4, 0.5) is 5.88 Å². The minimum Gasteiger partial charge on any atom is -0.493 e. The molecule has 0 amide bonds. The second kappa shape index (κ2) is 13.9. The van der Waals surface area contributed by atoms with Gasteiger partial charge in [0.15, 0.2) is 17.4 Å². The van der Waals surface area contributed by atoms with E-state index in [0.29, 0.717) is 17.4 Å². The van der Waals surface area contributed by atoms with E-state index in [1.54, 1.807) is 7.11 Å². The average Bonchev–Trinajstić information content (AvgIpc) is 3.36. The van der Waals surface area contributed by atoms with E-state index in [9.17, 15) is 0 Å². The lowest BCUT2D eigenvalue weighted by Gasteiger charge is -2.28. The number of halogens is 2. The van der Waals surface area contributed by atoms with Gasteiger partial charge in [-0.1, -0.05) is 103 Å². The Bertz CT molecular complexity index is 1340. The maximum Gasteiger partial charge on any atom is 0.194 e. The van der Waals surface area contributed by atoms with Crippen LogP contribution in [0, 0.1) is 0 Å². The Hall–Kier alpha value is -3.40. The predicted octanol–water partition coefficient (Wildman–Crippen LogP) is 9.86. The molecule has 3 nitrogen and oxygen atoms in total. The van der Waals surface area contributed by atoms with Gasteiger partial charge in [0.25, 0.3) is 0 Å². The Balaban J connectivity index is 1.84. The molecular weight excluding hydrogens is 513 g/mol. The third kappa shape index (κ3) is 8.31. The van der Waals surface area contributed by atoms with Crippen LogP contribution in [-0.2, 0) is 17.6 Å². The van der Waals surface area contributed by atoms with E-state index in [4.69, 9.17) is 32.4 Å². The summed E-state index contributed by atoms with van der Waals surface area (Å²) in [6.07, 6.45) is 12.8. The zero-order chi connectivity index (χ0) is 27.5. The van der Waals surface area contributed by atoms with Crippen molar-refractivity contribution in [3.63, 3.8) is 0 Å². The maximum absolute atomic E-state index is 6.43. The quantitative estimate of drug-likeness (QED) is 0.171. The van der Waals surface area contributed by atoms with Gasteiger partial charge in [0.2, 0.25) is 0 Å². The molecule has 3 aromatic rings. The van der Waals surface area contributed by atoms with E-state index < -0.39 is 5.54 Å². The number of aryl methyl sites for hydroxylation is 1. The van der Waals surface area contributed by atoms with Crippen molar-refractivity contribution < 1.29 is 9.15 Å². The van der Waals surface area contributed by atoms with Crippen LogP contribution in [0.5, 0.6) is 0 Å². The largest absolute Gasteiger partial charge is 0.493 e. The van der Waals surface area contributed by atoms with Gasteiger partial charge in [-0.05, 0) is 73.6 Å². The highest BCUT2D eigenvalue weighted by Gasteiger charge is 2.23. The van der Waals surface area contributed by atoms with Crippen molar-refractivity contribution in [1.29, 1.82) is 0 Å². The molecule has 0 fully saturated rings. The fraction of sp³-hybridized carbons (Fsp3) is 0.212. The molecule has 0 saturated heterocycles. The molecule has 1 aromatic heterocycles. The van der Waals surface area contributed by atoms with Crippen LogP contribution in [0.2, 0.25) is 10.0 Å². The fourth-order valence-electron chi connectivity index (χ4n) is 3.96. The van der Waals surface area contributed by atoms with Crippen LogP contribution in [0.3, 0.4) is 0 Å². The van der Waals surface area contributed by atoms with Gasteiger partial charge in [0.05, 0.1) is 12.6 Å². The van der Waals surface area contributed by atoms with Gasteiger partial charge in [-0.15, -0.1) is 0 Å². The third-order valence-electron chi connectivity index (χ3n) is 6.23. The number of furan rings is 1. The SMILES string of the molecule is C=C\C(=C/C(=C\C=C\Cc1ccccc1Cl)CCc1ccccc1Cl)C(C)(C)Nc1ccc(C(=C)OC)o1. The summed E-state index contributed by atoms with van der Waals surface area (Å²) in [5, 5.41) is 5.02. The number of anilines is 1. The molecule has 5 heteroatoms. The van der Waals surface area contributed by atoms with E-state index in [1.807, 2.05) is 60.7 Å². The van der Waals surface area contributed by atoms with Crippen LogP contribution >= 0.6 is 23.2 Å². The number of rotatable bonds is 13. The van der Waals surface area contributed by atoms with Crippen LogP contribution in [0.15, 0.2) is 120 Å². The standard InChI is InChI=1S/C33H35Cl2NO2/c1-6-28(33(3,4)36-32-22-21-31(38-32)24(2)37-5)23-25(19-20-27-16-10-12-18-30(27)35)13-7-8-14-26-15-9-11-17-29(26)34/h6-13,15-18,21-23,36H,1-2,14,19-20H2,3-5H3/b8-7+,25-13-,28-23+. The number of nitrogens with one attached hydrogen (secondary N) is 1. The summed E-state index contributed by atoms with van der Waals surface area (Å²) in [4.78, 5) is 0. The summed E-state index contributed by atoms with van der Waals surface area (Å²) in [6.45, 7) is 12.1. The number of ether oxygens (including phenoxy) is 1. The van der Waals surface area contributed by atoms with Gasteiger partial charge >= 0.3 is 0 Å². The van der Waals surface area contributed by atoms with E-state index in [0.717, 1.165) is 51.6 Å². The normalized spacial score (nSPS) is 12.6. The number of benzene rings is 2. The number of hydrogen-bond acceptors (Lipinski definition) is 3. The Morgan fingerprint density at radius 1 is 1.00 bits per heavy atom. The molecule has 0 saturated carbocycles. The molecular formula is C33H35Cl2NO2. The molecule has 198 valence electrons. The monoisotopic (exact) mass is 547 g/mol. The van der Waals surface area contributed by atoms with Crippen molar-refractivity contribution in [2.75, 3.05) is 12.4 Å². The smallest absolute Gasteiger partial charge is 0.194 e. The second-order valence-corrected chi connectivity index (χ2v) is 10.2. The summed E-state index contributed by atoms with van der Waals surface area (Å²) in [5.41, 5.74) is 3.92. The first-order valence-corrected chi connectivity index (χ1v) is 13.3. The van der Waals surface area contributed by atoms with Crippen molar-refractivity contribution in [2.24, 2.45) is 0 Å². The van der Waals surface area contributed by atoms with E-state index in [1.165, 1.54) is 0 Å². The number of methoxy groups -OCH3 is 1. The van der Waals surface area contributed by atoms with E-state index in [-0.39, 0.29) is 0 Å². The molecule has 2 aromatic carbocycles. The van der Waals surface area contributed by atoms with E-state index in [2.05, 4.69) is 62.7 Å². The molecule has 1 heterocycles. The minimum atomic E-state index is -0.462. The predicted molar refractivity (Wildman–Crippen MR) is 163 cm³/mol. The molecule has 0 unspecified atom stereocenters. The topological polar surface area (TPSA) is 34.4 Å². The molecule has 0 atom stereocenters. The van der Waals surface area contributed by atoms with Crippen molar-refractivity contribution in [3.8, 4) is 0 Å². The van der Waals surface area contributed by atoms with E-state index >= 15 is 0 Å². The zero-order valence-electron chi connectivity index (χ0n) is 22.3. The third-order valence-corrected chi connectivity index (χ3v) is 6.97. The first-order valence-electron chi connectivity index (χ1n) is 12.5. The van der Waals surface area contributed by atoms with Gasteiger partial charge in [-0.25, -0.2) is 0 Å². The molecule has 1 N–H and O–H groups in total. The highest BCUT2D eigenvalue weighted by Crippen LogP contribution is 2.29. The van der Waals surface area contributed by atoms with Gasteiger partial charge in [0.1, 0.15) is 0 Å². The Morgan fingerprint density at radius 2 is 1.66 bits per heavy atom. The highest BCUT2D eigenvalue weighted by atomic mass is 35.5. The lowest BCUT2D eigenvalue weighted by atomic mass is 9.90. The minimum absolute atomic E-state index is 0.462. The zero-order valence-corrected chi connectivity index (χ0v) is 23.8. The van der Waals surface area contributed by atoms with Gasteiger partial charge in [-0.3, -0.25) is 0 Å². The summed E-state index contributed by atoms with van der Waals surface area (Å²) < 4.78 is 11.1. The maximum atomic E-state index is 6.43. The highest BCUT2D eigenvalue weighted by molar-refractivity contribution is 6.31. The van der Waals surface area contributed by atoms with Crippen molar-refractivity contribution in [1.82, 2.24) is 0 Å². The Kier molecular flexibility index (Phi) is 10.7. The molecule has 0 spiro atoms. The molecule has 0 aliphatic heterocycles. The molecule has 0 aliphatic rings. The summed E-state index contributed by atoms with van der Waals surface area (Å²) in [6, 6.07) is 19.6. The molecule has 0 bridgehead atoms. The Labute approximate surface area is 236 Å². The molecule has 0 aliphatic carbocycles. The van der Waals surface area contributed by atoms with Gasteiger partial charge in [-0.2, -0.15) is 0 Å². The van der Waals surface area contributed by atoms with Crippen LogP contribution in [-0.4, -0.2) is 12.6 Å². The molecule has 3 rings (SSSR count). The Morgan fingerprint density at radius 3 is 2.29 bits per heavy atom. The van der Waals surface area contributed by atoms with Crippen LogP contribution in [0.25, 0.3) is 5.76 Å². The average molecular weight is 549 g/mol. The van der Waals surface area contributed by atoms with Gasteiger partial charge in [0, 0.05) is 16.1 Å². The number of allylic oxidation sites excluding steroid dienone is 5. The number of hydrogen-bond donors (Lipinski definition) is 1. The fourth-order valence-corrected chi connectivity index (χ4v) is 4.41. The first kappa shape index (κ1) is 29.2. The van der Waals surface area contributed by atoms with Gasteiger partial charge < -0.3 is 14.5 Å².